The number of hydrogen-bond acceptors (Lipinski definition) is 4. The fourth-order valence-corrected chi connectivity index (χ4v) is 3.48. The van der Waals surface area contributed by atoms with Gasteiger partial charge in [-0.1, -0.05) is 0 Å². The van der Waals surface area contributed by atoms with Crippen molar-refractivity contribution in [3.8, 4) is 5.75 Å². The number of carbonyl (C=O) groups is 2. The number of aryl methyl sites for hydroxylation is 1. The van der Waals surface area contributed by atoms with Crippen molar-refractivity contribution in [2.24, 2.45) is 0 Å². The summed E-state index contributed by atoms with van der Waals surface area (Å²) >= 11 is 0. The summed E-state index contributed by atoms with van der Waals surface area (Å²) < 4.78 is 11.2. The van der Waals surface area contributed by atoms with Crippen LogP contribution in [0.3, 0.4) is 0 Å². The number of hydrogen-bond donors (Lipinski definition) is 1. The normalized spacial score (nSPS) is 15.7. The average molecular weight is 349 g/mol. The minimum atomic E-state index is -0.458. The minimum Gasteiger partial charge on any atom is -0.497 e. The molecule has 0 unspecified atom stereocenters. The molecule has 1 aliphatic heterocycles. The zero-order valence-corrected chi connectivity index (χ0v) is 15.7. The van der Waals surface area contributed by atoms with Gasteiger partial charge < -0.3 is 19.3 Å². The van der Waals surface area contributed by atoms with Gasteiger partial charge in [0.05, 0.1) is 44.6 Å². The lowest BCUT2D eigenvalue weighted by Gasteiger charge is -2.32. The number of nitrogens with zero attached hydrogens (tertiary/aromatic N) is 1. The van der Waals surface area contributed by atoms with E-state index in [1.54, 1.807) is 26.2 Å². The van der Waals surface area contributed by atoms with Crippen molar-refractivity contribution < 1.29 is 23.5 Å². The van der Waals surface area contributed by atoms with Crippen LogP contribution in [0.5, 0.6) is 5.75 Å². The number of rotatable bonds is 7. The summed E-state index contributed by atoms with van der Waals surface area (Å²) in [4.78, 5) is 25.0. The van der Waals surface area contributed by atoms with E-state index in [1.165, 1.54) is 0 Å². The van der Waals surface area contributed by atoms with Crippen LogP contribution in [0.15, 0.2) is 12.1 Å². The molecule has 0 atom stereocenters. The van der Waals surface area contributed by atoms with Crippen molar-refractivity contribution in [3.05, 3.63) is 23.3 Å². The van der Waals surface area contributed by atoms with Crippen molar-refractivity contribution in [3.63, 3.8) is 0 Å². The summed E-state index contributed by atoms with van der Waals surface area (Å²) in [5, 5.41) is 2.94. The molecule has 2 rings (SSSR count). The van der Waals surface area contributed by atoms with E-state index in [9.17, 15) is 9.59 Å². The Morgan fingerprint density at radius 3 is 2.44 bits per heavy atom. The Kier molecular flexibility index (Phi) is 6.42. The Labute approximate surface area is 149 Å². The minimum absolute atomic E-state index is 0.0671. The number of ether oxygens (including phenoxy) is 2. The summed E-state index contributed by atoms with van der Waals surface area (Å²) in [6, 6.07) is 3.42. The van der Waals surface area contributed by atoms with Crippen molar-refractivity contribution in [1.29, 1.82) is 0 Å². The van der Waals surface area contributed by atoms with Gasteiger partial charge in [-0.3, -0.25) is 4.79 Å². The summed E-state index contributed by atoms with van der Waals surface area (Å²) in [5.74, 6) is 0.0399. The number of quaternary nitrogens is 1. The SMILES string of the molecule is CCOC(=O)c1cc(OC)cc(C)c1NC(=O)C[N+]1(CC)CCCC1. The molecular weight excluding hydrogens is 320 g/mol. The van der Waals surface area contributed by atoms with Gasteiger partial charge >= 0.3 is 5.97 Å². The molecule has 138 valence electrons. The van der Waals surface area contributed by atoms with Crippen LogP contribution >= 0.6 is 0 Å². The lowest BCUT2D eigenvalue weighted by Crippen LogP contribution is -2.50. The van der Waals surface area contributed by atoms with Crippen molar-refractivity contribution in [2.75, 3.05) is 45.2 Å². The Balaban J connectivity index is 2.25. The highest BCUT2D eigenvalue weighted by Crippen LogP contribution is 2.28. The predicted molar refractivity (Wildman–Crippen MR) is 97.0 cm³/mol. The van der Waals surface area contributed by atoms with Crippen LogP contribution < -0.4 is 10.1 Å². The van der Waals surface area contributed by atoms with Crippen LogP contribution in [-0.4, -0.2) is 56.3 Å². The van der Waals surface area contributed by atoms with E-state index >= 15 is 0 Å². The molecule has 1 aromatic rings. The smallest absolute Gasteiger partial charge is 0.340 e. The summed E-state index contributed by atoms with van der Waals surface area (Å²) in [5.41, 5.74) is 1.62. The van der Waals surface area contributed by atoms with Gasteiger partial charge in [0.25, 0.3) is 5.91 Å². The predicted octanol–water partition coefficient (Wildman–Crippen LogP) is 2.75. The third-order valence-electron chi connectivity index (χ3n) is 4.97. The van der Waals surface area contributed by atoms with Crippen LogP contribution in [0.25, 0.3) is 0 Å². The van der Waals surface area contributed by atoms with Gasteiger partial charge in [-0.15, -0.1) is 0 Å². The lowest BCUT2D eigenvalue weighted by atomic mass is 10.1. The zero-order valence-electron chi connectivity index (χ0n) is 15.7. The zero-order chi connectivity index (χ0) is 18.4. The van der Waals surface area contributed by atoms with Crippen molar-refractivity contribution >= 4 is 17.6 Å². The Morgan fingerprint density at radius 1 is 1.20 bits per heavy atom. The van der Waals surface area contributed by atoms with Crippen LogP contribution in [0, 0.1) is 6.92 Å². The molecule has 1 fully saturated rings. The highest BCUT2D eigenvalue weighted by molar-refractivity contribution is 6.03. The van der Waals surface area contributed by atoms with Gasteiger partial charge in [-0.05, 0) is 38.5 Å². The first-order valence-electron chi connectivity index (χ1n) is 8.95. The molecule has 0 radical (unpaired) electrons. The first-order chi connectivity index (χ1) is 11.9. The number of amides is 1. The summed E-state index contributed by atoms with van der Waals surface area (Å²) in [6.45, 7) is 9.46. The fourth-order valence-electron chi connectivity index (χ4n) is 3.48. The topological polar surface area (TPSA) is 64.6 Å². The number of esters is 1. The number of carbonyl (C=O) groups excluding carboxylic acids is 2. The van der Waals surface area contributed by atoms with Crippen LogP contribution in [0.1, 0.15) is 42.6 Å². The van der Waals surface area contributed by atoms with E-state index < -0.39 is 5.97 Å². The van der Waals surface area contributed by atoms with E-state index in [0.29, 0.717) is 23.5 Å². The van der Waals surface area contributed by atoms with E-state index in [4.69, 9.17) is 9.47 Å². The highest BCUT2D eigenvalue weighted by atomic mass is 16.5. The largest absolute Gasteiger partial charge is 0.497 e. The molecule has 1 N–H and O–H groups in total. The van der Waals surface area contributed by atoms with Crippen LogP contribution in [0.4, 0.5) is 5.69 Å². The molecular formula is C19H29N2O4+. The second-order valence-corrected chi connectivity index (χ2v) is 6.61. The van der Waals surface area contributed by atoms with Gasteiger partial charge in [0.1, 0.15) is 5.75 Å². The Bertz CT molecular complexity index is 637. The van der Waals surface area contributed by atoms with E-state index in [2.05, 4.69) is 12.2 Å². The second-order valence-electron chi connectivity index (χ2n) is 6.61. The summed E-state index contributed by atoms with van der Waals surface area (Å²) in [7, 11) is 1.55. The third kappa shape index (κ3) is 4.51. The fraction of sp³-hybridized carbons (Fsp3) is 0.579. The molecule has 0 saturated carbocycles. The Hall–Kier alpha value is -2.08. The second kappa shape index (κ2) is 8.34. The number of likely N-dealkylation sites (N-methyl/N-ethyl adjacent to an activating group) is 1. The summed E-state index contributed by atoms with van der Waals surface area (Å²) in [6.07, 6.45) is 2.33. The van der Waals surface area contributed by atoms with Crippen LogP contribution in [-0.2, 0) is 9.53 Å². The van der Waals surface area contributed by atoms with E-state index in [-0.39, 0.29) is 12.5 Å². The van der Waals surface area contributed by atoms with Gasteiger partial charge in [0, 0.05) is 12.8 Å². The van der Waals surface area contributed by atoms with Gasteiger partial charge in [-0.25, -0.2) is 4.79 Å². The maximum absolute atomic E-state index is 12.7. The molecule has 1 aromatic carbocycles. The molecule has 0 bridgehead atoms. The molecule has 6 heteroatoms. The third-order valence-corrected chi connectivity index (χ3v) is 4.97. The molecule has 6 nitrogen and oxygen atoms in total. The highest BCUT2D eigenvalue weighted by Gasteiger charge is 2.33. The number of benzene rings is 1. The number of anilines is 1. The van der Waals surface area contributed by atoms with E-state index in [1.807, 2.05) is 6.92 Å². The number of likely N-dealkylation sites (tertiary alicyclic amines) is 1. The first kappa shape index (κ1) is 19.2. The van der Waals surface area contributed by atoms with Crippen molar-refractivity contribution in [2.45, 2.75) is 33.6 Å². The molecule has 1 saturated heterocycles. The molecule has 25 heavy (non-hydrogen) atoms. The molecule has 0 aliphatic carbocycles. The standard InChI is InChI=1S/C19H28N2O4/c1-5-21(9-7-8-10-21)13-17(22)20-18-14(3)11-15(24-4)12-16(18)19(23)25-6-2/h11-12H,5-10,13H2,1-4H3/p+1. The Morgan fingerprint density at radius 2 is 1.88 bits per heavy atom. The van der Waals surface area contributed by atoms with Gasteiger partial charge in [-0.2, -0.15) is 0 Å². The molecule has 1 amide bonds. The van der Waals surface area contributed by atoms with Crippen LogP contribution in [0.2, 0.25) is 0 Å². The number of methoxy groups -OCH3 is 1. The first-order valence-corrected chi connectivity index (χ1v) is 8.95. The number of nitrogens with one attached hydrogen (secondary N) is 1. The average Bonchev–Trinajstić information content (AvgIpc) is 3.05. The van der Waals surface area contributed by atoms with Gasteiger partial charge in [0.15, 0.2) is 6.54 Å². The monoisotopic (exact) mass is 349 g/mol. The van der Waals surface area contributed by atoms with E-state index in [0.717, 1.165) is 42.5 Å². The lowest BCUT2D eigenvalue weighted by molar-refractivity contribution is -0.907. The molecule has 0 aromatic heterocycles. The maximum atomic E-state index is 12.7. The quantitative estimate of drug-likeness (QED) is 0.607. The molecule has 0 spiro atoms. The van der Waals surface area contributed by atoms with Gasteiger partial charge in [0.2, 0.25) is 0 Å². The van der Waals surface area contributed by atoms with Crippen molar-refractivity contribution in [1.82, 2.24) is 0 Å². The molecule has 1 aliphatic rings. The maximum Gasteiger partial charge on any atom is 0.340 e. The molecule has 1 heterocycles.